The number of benzene rings is 1. The van der Waals surface area contributed by atoms with Gasteiger partial charge in [-0.15, -0.1) is 0 Å². The molecule has 1 aliphatic heterocycles. The zero-order chi connectivity index (χ0) is 15.5. The number of urea groups is 1. The predicted octanol–water partition coefficient (Wildman–Crippen LogP) is 1.37. The Hall–Kier alpha value is -1.67. The molecule has 6 nitrogen and oxygen atoms in total. The van der Waals surface area contributed by atoms with Gasteiger partial charge < -0.3 is 10.6 Å². The summed E-state index contributed by atoms with van der Waals surface area (Å²) in [4.78, 5) is 11.8. The molecule has 1 saturated heterocycles. The van der Waals surface area contributed by atoms with Gasteiger partial charge in [-0.25, -0.2) is 21.9 Å². The summed E-state index contributed by atoms with van der Waals surface area (Å²) in [6.07, 6.45) is 2.59. The molecule has 1 atom stereocenters. The average molecular weight is 315 g/mol. The SMILES string of the molecule is CS(=O)(=O)N1CCC[C@@H](NC(=O)Nc2ccc(F)cc2)C1. The first-order valence-electron chi connectivity index (χ1n) is 6.63. The third-order valence-corrected chi connectivity index (χ3v) is 4.56. The number of rotatable bonds is 3. The molecular weight excluding hydrogens is 297 g/mol. The van der Waals surface area contributed by atoms with Gasteiger partial charge in [-0.3, -0.25) is 0 Å². The Balaban J connectivity index is 1.89. The summed E-state index contributed by atoms with van der Waals surface area (Å²) >= 11 is 0. The van der Waals surface area contributed by atoms with E-state index in [0.29, 0.717) is 18.7 Å². The molecule has 1 aromatic carbocycles. The number of nitrogens with zero attached hydrogens (tertiary/aromatic N) is 1. The second kappa shape index (κ2) is 6.40. The fourth-order valence-electron chi connectivity index (χ4n) is 2.25. The van der Waals surface area contributed by atoms with Crippen molar-refractivity contribution < 1.29 is 17.6 Å². The fourth-order valence-corrected chi connectivity index (χ4v) is 3.16. The van der Waals surface area contributed by atoms with Gasteiger partial charge >= 0.3 is 6.03 Å². The Morgan fingerprint density at radius 3 is 2.62 bits per heavy atom. The van der Waals surface area contributed by atoms with Crippen LogP contribution in [0.15, 0.2) is 24.3 Å². The molecule has 0 bridgehead atoms. The highest BCUT2D eigenvalue weighted by Crippen LogP contribution is 2.13. The molecule has 116 valence electrons. The molecule has 2 N–H and O–H groups in total. The Bertz CT molecular complexity index is 604. The van der Waals surface area contributed by atoms with Crippen LogP contribution >= 0.6 is 0 Å². The predicted molar refractivity (Wildman–Crippen MR) is 78.0 cm³/mol. The molecule has 1 heterocycles. The van der Waals surface area contributed by atoms with Gasteiger partial charge in [0.15, 0.2) is 0 Å². The minimum Gasteiger partial charge on any atom is -0.334 e. The first-order valence-corrected chi connectivity index (χ1v) is 8.47. The van der Waals surface area contributed by atoms with Crippen molar-refractivity contribution in [2.45, 2.75) is 18.9 Å². The van der Waals surface area contributed by atoms with E-state index in [0.717, 1.165) is 12.7 Å². The van der Waals surface area contributed by atoms with E-state index in [1.165, 1.54) is 28.6 Å². The van der Waals surface area contributed by atoms with Gasteiger partial charge in [-0.1, -0.05) is 0 Å². The Morgan fingerprint density at radius 2 is 2.00 bits per heavy atom. The number of nitrogens with one attached hydrogen (secondary N) is 2. The third-order valence-electron chi connectivity index (χ3n) is 3.29. The number of amides is 2. The minimum atomic E-state index is -3.24. The van der Waals surface area contributed by atoms with Gasteiger partial charge in [-0.05, 0) is 37.1 Å². The van der Waals surface area contributed by atoms with Gasteiger partial charge in [-0.2, -0.15) is 0 Å². The maximum atomic E-state index is 12.8. The maximum Gasteiger partial charge on any atom is 0.319 e. The number of halogens is 1. The summed E-state index contributed by atoms with van der Waals surface area (Å²) < 4.78 is 37.1. The minimum absolute atomic E-state index is 0.228. The van der Waals surface area contributed by atoms with E-state index in [4.69, 9.17) is 0 Å². The van der Waals surface area contributed by atoms with E-state index in [-0.39, 0.29) is 18.4 Å². The van der Waals surface area contributed by atoms with Crippen molar-refractivity contribution in [1.29, 1.82) is 0 Å². The summed E-state index contributed by atoms with van der Waals surface area (Å²) in [5.41, 5.74) is 0.477. The molecule has 1 fully saturated rings. The molecular formula is C13H18FN3O3S. The Morgan fingerprint density at radius 1 is 1.33 bits per heavy atom. The second-order valence-electron chi connectivity index (χ2n) is 5.07. The summed E-state index contributed by atoms with van der Waals surface area (Å²) in [6, 6.07) is 4.76. The molecule has 21 heavy (non-hydrogen) atoms. The second-order valence-corrected chi connectivity index (χ2v) is 7.05. The van der Waals surface area contributed by atoms with Gasteiger partial charge in [0.05, 0.1) is 6.26 Å². The van der Waals surface area contributed by atoms with Crippen molar-refractivity contribution in [2.75, 3.05) is 24.7 Å². The summed E-state index contributed by atoms with van der Waals surface area (Å²) in [5, 5.41) is 5.32. The molecule has 0 radical (unpaired) electrons. The number of piperidine rings is 1. The molecule has 0 aromatic heterocycles. The van der Waals surface area contributed by atoms with Crippen molar-refractivity contribution in [1.82, 2.24) is 9.62 Å². The molecule has 8 heteroatoms. The number of hydrogen-bond donors (Lipinski definition) is 2. The highest BCUT2D eigenvalue weighted by atomic mass is 32.2. The lowest BCUT2D eigenvalue weighted by Gasteiger charge is -2.31. The lowest BCUT2D eigenvalue weighted by Crippen LogP contribution is -2.50. The average Bonchev–Trinajstić information content (AvgIpc) is 2.41. The van der Waals surface area contributed by atoms with Crippen molar-refractivity contribution in [3.63, 3.8) is 0 Å². The normalized spacial score (nSPS) is 20.0. The van der Waals surface area contributed by atoms with Crippen LogP contribution in [-0.2, 0) is 10.0 Å². The number of sulfonamides is 1. The topological polar surface area (TPSA) is 78.5 Å². The van der Waals surface area contributed by atoms with Crippen LogP contribution in [0.3, 0.4) is 0 Å². The van der Waals surface area contributed by atoms with E-state index in [1.807, 2.05) is 0 Å². The number of carbonyl (C=O) groups is 1. The van der Waals surface area contributed by atoms with Crippen LogP contribution in [0.2, 0.25) is 0 Å². The van der Waals surface area contributed by atoms with E-state index >= 15 is 0 Å². The van der Waals surface area contributed by atoms with Crippen LogP contribution in [0.1, 0.15) is 12.8 Å². The fraction of sp³-hybridized carbons (Fsp3) is 0.462. The number of carbonyl (C=O) groups excluding carboxylic acids is 1. The lowest BCUT2D eigenvalue weighted by atomic mass is 10.1. The quantitative estimate of drug-likeness (QED) is 0.884. The van der Waals surface area contributed by atoms with Crippen LogP contribution in [-0.4, -0.2) is 44.1 Å². The van der Waals surface area contributed by atoms with Crippen LogP contribution in [0.4, 0.5) is 14.9 Å². The van der Waals surface area contributed by atoms with Gasteiger partial charge in [0, 0.05) is 24.8 Å². The van der Waals surface area contributed by atoms with Crippen molar-refractivity contribution in [3.05, 3.63) is 30.1 Å². The lowest BCUT2D eigenvalue weighted by molar-refractivity contribution is 0.236. The van der Waals surface area contributed by atoms with Gasteiger partial charge in [0.2, 0.25) is 10.0 Å². The van der Waals surface area contributed by atoms with Crippen LogP contribution in [0.25, 0.3) is 0 Å². The molecule has 0 spiro atoms. The monoisotopic (exact) mass is 315 g/mol. The first kappa shape index (κ1) is 15.7. The molecule has 0 aliphatic carbocycles. The van der Waals surface area contributed by atoms with Crippen molar-refractivity contribution in [2.24, 2.45) is 0 Å². The highest BCUT2D eigenvalue weighted by Gasteiger charge is 2.26. The van der Waals surface area contributed by atoms with Crippen molar-refractivity contribution in [3.8, 4) is 0 Å². The molecule has 2 amide bonds. The molecule has 0 unspecified atom stereocenters. The highest BCUT2D eigenvalue weighted by molar-refractivity contribution is 7.88. The molecule has 0 saturated carbocycles. The van der Waals surface area contributed by atoms with Gasteiger partial charge in [0.25, 0.3) is 0 Å². The van der Waals surface area contributed by atoms with Crippen molar-refractivity contribution >= 4 is 21.7 Å². The summed E-state index contributed by atoms with van der Waals surface area (Å²) in [5.74, 6) is -0.378. The Labute approximate surface area is 123 Å². The molecule has 1 aromatic rings. The maximum absolute atomic E-state index is 12.8. The standard InChI is InChI=1S/C13H18FN3O3S/c1-21(19,20)17-8-2-3-12(9-17)16-13(18)15-11-6-4-10(14)5-7-11/h4-7,12H,2-3,8-9H2,1H3,(H2,15,16,18)/t12-/m1/s1. The number of anilines is 1. The Kier molecular flexibility index (Phi) is 4.79. The first-order chi connectivity index (χ1) is 9.84. The van der Waals surface area contributed by atoms with E-state index in [2.05, 4.69) is 10.6 Å². The zero-order valence-corrected chi connectivity index (χ0v) is 12.5. The largest absolute Gasteiger partial charge is 0.334 e. The zero-order valence-electron chi connectivity index (χ0n) is 11.7. The van der Waals surface area contributed by atoms with Crippen LogP contribution in [0.5, 0.6) is 0 Å². The molecule has 2 rings (SSSR count). The number of hydrogen-bond acceptors (Lipinski definition) is 3. The third kappa shape index (κ3) is 4.68. The molecule has 1 aliphatic rings. The van der Waals surface area contributed by atoms with Gasteiger partial charge in [0.1, 0.15) is 5.82 Å². The smallest absolute Gasteiger partial charge is 0.319 e. The van der Waals surface area contributed by atoms with E-state index in [9.17, 15) is 17.6 Å². The van der Waals surface area contributed by atoms with E-state index < -0.39 is 16.1 Å². The summed E-state index contributed by atoms with van der Waals surface area (Å²) in [6.45, 7) is 0.756. The van der Waals surface area contributed by atoms with Crippen LogP contribution < -0.4 is 10.6 Å². The van der Waals surface area contributed by atoms with Crippen LogP contribution in [0, 0.1) is 5.82 Å². The summed E-state index contributed by atoms with van der Waals surface area (Å²) in [7, 11) is -3.24. The van der Waals surface area contributed by atoms with E-state index in [1.54, 1.807) is 0 Å².